The van der Waals surface area contributed by atoms with Gasteiger partial charge in [0.1, 0.15) is 5.58 Å². The van der Waals surface area contributed by atoms with E-state index in [4.69, 9.17) is 9.15 Å². The number of amides is 1. The lowest BCUT2D eigenvalue weighted by Crippen LogP contribution is -2.43. The van der Waals surface area contributed by atoms with Crippen LogP contribution in [0.4, 0.5) is 0 Å². The molecule has 1 unspecified atom stereocenters. The van der Waals surface area contributed by atoms with Gasteiger partial charge in [0.25, 0.3) is 5.91 Å². The van der Waals surface area contributed by atoms with Crippen molar-refractivity contribution in [1.29, 1.82) is 0 Å². The van der Waals surface area contributed by atoms with Crippen LogP contribution in [0.3, 0.4) is 0 Å². The van der Waals surface area contributed by atoms with Gasteiger partial charge in [-0.2, -0.15) is 0 Å². The number of halogens is 1. The first-order valence-electron chi connectivity index (χ1n) is 11.3. The lowest BCUT2D eigenvalue weighted by molar-refractivity contribution is -0.129. The predicted molar refractivity (Wildman–Crippen MR) is 131 cm³/mol. The van der Waals surface area contributed by atoms with Crippen LogP contribution in [0.5, 0.6) is 0 Å². The molecule has 2 aliphatic rings. The fourth-order valence-electron chi connectivity index (χ4n) is 4.62. The second-order valence-electron chi connectivity index (χ2n) is 8.65. The van der Waals surface area contributed by atoms with Gasteiger partial charge in [-0.15, -0.1) is 0 Å². The number of aliphatic hydroxyl groups excluding tert-OH is 1. The molecule has 1 N–H and O–H groups in total. The third-order valence-electron chi connectivity index (χ3n) is 6.37. The number of aliphatic hydroxyl groups is 1. The van der Waals surface area contributed by atoms with E-state index in [1.807, 2.05) is 49.4 Å². The number of furan rings is 1. The van der Waals surface area contributed by atoms with Gasteiger partial charge < -0.3 is 19.2 Å². The number of ether oxygens (including phenoxy) is 1. The second kappa shape index (κ2) is 9.37. The van der Waals surface area contributed by atoms with E-state index in [0.29, 0.717) is 31.9 Å². The largest absolute Gasteiger partial charge is 0.503 e. The zero-order chi connectivity index (χ0) is 23.8. The van der Waals surface area contributed by atoms with Crippen molar-refractivity contribution in [2.75, 3.05) is 39.4 Å². The number of benzene rings is 2. The Morgan fingerprint density at radius 3 is 2.68 bits per heavy atom. The number of aryl methyl sites for hydroxylation is 1. The van der Waals surface area contributed by atoms with Gasteiger partial charge in [-0.1, -0.05) is 39.7 Å². The third-order valence-corrected chi connectivity index (χ3v) is 6.86. The molecular formula is C26H25BrN2O5. The molecule has 0 bridgehead atoms. The molecule has 3 aromatic rings. The standard InChI is InChI=1S/C26H25BrN2O5/c1-16-5-6-20-18(13-16)15-21(34-20)24(30)22-23(17-3-2-4-19(27)14-17)29(26(32)25(22)31)8-7-28-9-11-33-12-10-28/h2-6,13-15,23,31H,7-12H2,1H3. The maximum Gasteiger partial charge on any atom is 0.290 e. The third kappa shape index (κ3) is 4.29. The normalized spacial score (nSPS) is 19.4. The van der Waals surface area contributed by atoms with Crippen LogP contribution in [-0.4, -0.2) is 66.0 Å². The summed E-state index contributed by atoms with van der Waals surface area (Å²) in [6.07, 6.45) is 0. The monoisotopic (exact) mass is 524 g/mol. The fourth-order valence-corrected chi connectivity index (χ4v) is 5.04. The molecule has 0 aliphatic carbocycles. The zero-order valence-corrected chi connectivity index (χ0v) is 20.4. The second-order valence-corrected chi connectivity index (χ2v) is 9.57. The summed E-state index contributed by atoms with van der Waals surface area (Å²) < 4.78 is 12.1. The molecule has 8 heteroatoms. The SMILES string of the molecule is Cc1ccc2oc(C(=O)C3=C(O)C(=O)N(CCN4CCOCC4)C3c3cccc(Br)c3)cc2c1. The van der Waals surface area contributed by atoms with Gasteiger partial charge in [0.05, 0.1) is 24.8 Å². The van der Waals surface area contributed by atoms with E-state index < -0.39 is 23.5 Å². The Balaban J connectivity index is 1.51. The van der Waals surface area contributed by atoms with Crippen LogP contribution in [0.1, 0.15) is 27.7 Å². The summed E-state index contributed by atoms with van der Waals surface area (Å²) in [7, 11) is 0. The molecule has 1 atom stereocenters. The van der Waals surface area contributed by atoms with E-state index in [9.17, 15) is 14.7 Å². The lowest BCUT2D eigenvalue weighted by atomic mass is 9.95. The molecule has 1 fully saturated rings. The first-order chi connectivity index (χ1) is 16.4. The average Bonchev–Trinajstić information content (AvgIpc) is 3.36. The number of Topliss-reactive ketones (excluding diaryl/α,β-unsaturated/α-hetero) is 1. The number of hydrogen-bond donors (Lipinski definition) is 1. The number of rotatable bonds is 6. The number of carbonyl (C=O) groups excluding carboxylic acids is 2. The van der Waals surface area contributed by atoms with E-state index in [1.165, 1.54) is 0 Å². The number of ketones is 1. The van der Waals surface area contributed by atoms with Gasteiger partial charge in [-0.25, -0.2) is 0 Å². The minimum absolute atomic E-state index is 0.0425. The summed E-state index contributed by atoms with van der Waals surface area (Å²) in [5, 5.41) is 11.7. The first-order valence-corrected chi connectivity index (χ1v) is 12.1. The average molecular weight is 525 g/mol. The number of morpholine rings is 1. The van der Waals surface area contributed by atoms with Crippen molar-refractivity contribution in [3.05, 3.63) is 81.2 Å². The molecule has 0 spiro atoms. The smallest absolute Gasteiger partial charge is 0.290 e. The van der Waals surface area contributed by atoms with Gasteiger partial charge in [0.15, 0.2) is 11.5 Å². The van der Waals surface area contributed by atoms with Crippen molar-refractivity contribution in [2.24, 2.45) is 0 Å². The van der Waals surface area contributed by atoms with E-state index >= 15 is 0 Å². The van der Waals surface area contributed by atoms with Crippen LogP contribution < -0.4 is 0 Å². The molecule has 2 aromatic carbocycles. The zero-order valence-electron chi connectivity index (χ0n) is 18.8. The topological polar surface area (TPSA) is 83.2 Å². The molecule has 0 radical (unpaired) electrons. The Morgan fingerprint density at radius 1 is 1.12 bits per heavy atom. The van der Waals surface area contributed by atoms with Crippen molar-refractivity contribution >= 4 is 38.6 Å². The van der Waals surface area contributed by atoms with Crippen molar-refractivity contribution in [2.45, 2.75) is 13.0 Å². The van der Waals surface area contributed by atoms with Gasteiger partial charge in [-0.3, -0.25) is 14.5 Å². The summed E-state index contributed by atoms with van der Waals surface area (Å²) in [5.41, 5.74) is 2.41. The molecule has 1 saturated heterocycles. The van der Waals surface area contributed by atoms with Gasteiger partial charge in [0, 0.05) is 36.0 Å². The molecule has 7 nitrogen and oxygen atoms in total. The van der Waals surface area contributed by atoms with E-state index in [0.717, 1.165) is 34.1 Å². The van der Waals surface area contributed by atoms with Crippen LogP contribution in [-0.2, 0) is 9.53 Å². The summed E-state index contributed by atoms with van der Waals surface area (Å²) in [4.78, 5) is 30.6. The molecular weight excluding hydrogens is 500 g/mol. The quantitative estimate of drug-likeness (QED) is 0.480. The van der Waals surface area contributed by atoms with E-state index in [2.05, 4.69) is 20.8 Å². The summed E-state index contributed by atoms with van der Waals surface area (Å²) in [6.45, 7) is 5.84. The highest BCUT2D eigenvalue weighted by Crippen LogP contribution is 2.40. The first kappa shape index (κ1) is 22.8. The minimum atomic E-state index is -0.714. The summed E-state index contributed by atoms with van der Waals surface area (Å²) >= 11 is 3.49. The molecule has 1 amide bonds. The highest BCUT2D eigenvalue weighted by Gasteiger charge is 2.44. The Kier molecular flexibility index (Phi) is 6.29. The predicted octanol–water partition coefficient (Wildman–Crippen LogP) is 4.41. The molecule has 3 heterocycles. The molecule has 176 valence electrons. The number of carbonyl (C=O) groups is 2. The Morgan fingerprint density at radius 2 is 1.91 bits per heavy atom. The summed E-state index contributed by atoms with van der Waals surface area (Å²) in [5.74, 6) is -1.45. The highest BCUT2D eigenvalue weighted by atomic mass is 79.9. The van der Waals surface area contributed by atoms with Crippen LogP contribution >= 0.6 is 15.9 Å². The van der Waals surface area contributed by atoms with Crippen LogP contribution in [0.2, 0.25) is 0 Å². The van der Waals surface area contributed by atoms with E-state index in [1.54, 1.807) is 11.0 Å². The molecule has 1 aromatic heterocycles. The maximum atomic E-state index is 13.6. The Hall–Kier alpha value is -2.94. The number of hydrogen-bond acceptors (Lipinski definition) is 6. The minimum Gasteiger partial charge on any atom is -0.503 e. The fraction of sp³-hybridized carbons (Fsp3) is 0.308. The van der Waals surface area contributed by atoms with Crippen molar-refractivity contribution in [1.82, 2.24) is 9.80 Å². The van der Waals surface area contributed by atoms with Crippen molar-refractivity contribution in [3.8, 4) is 0 Å². The number of fused-ring (bicyclic) bond motifs is 1. The van der Waals surface area contributed by atoms with Crippen molar-refractivity contribution in [3.63, 3.8) is 0 Å². The van der Waals surface area contributed by atoms with Gasteiger partial charge >= 0.3 is 0 Å². The molecule has 34 heavy (non-hydrogen) atoms. The summed E-state index contributed by atoms with van der Waals surface area (Å²) in [6, 6.07) is 14.1. The van der Waals surface area contributed by atoms with Crippen molar-refractivity contribution < 1.29 is 23.8 Å². The molecule has 5 rings (SSSR count). The molecule has 2 aliphatic heterocycles. The van der Waals surface area contributed by atoms with Crippen LogP contribution in [0.15, 0.2) is 68.8 Å². The van der Waals surface area contributed by atoms with Gasteiger partial charge in [0.2, 0.25) is 5.78 Å². The maximum absolute atomic E-state index is 13.6. The molecule has 0 saturated carbocycles. The van der Waals surface area contributed by atoms with Crippen LogP contribution in [0.25, 0.3) is 11.0 Å². The van der Waals surface area contributed by atoms with Gasteiger partial charge in [-0.05, 0) is 42.8 Å². The lowest BCUT2D eigenvalue weighted by Gasteiger charge is -2.31. The Bertz CT molecular complexity index is 1290. The Labute approximate surface area is 205 Å². The highest BCUT2D eigenvalue weighted by molar-refractivity contribution is 9.10. The van der Waals surface area contributed by atoms with E-state index in [-0.39, 0.29) is 11.3 Å². The van der Waals surface area contributed by atoms with Crippen LogP contribution in [0, 0.1) is 6.92 Å². The number of nitrogens with zero attached hydrogens (tertiary/aromatic N) is 2.